The van der Waals surface area contributed by atoms with E-state index in [9.17, 15) is 5.11 Å². The second-order valence-electron chi connectivity index (χ2n) is 8.92. The predicted molar refractivity (Wildman–Crippen MR) is 117 cm³/mol. The van der Waals surface area contributed by atoms with Crippen LogP contribution < -0.4 is 10.2 Å². The molecule has 3 aliphatic heterocycles. The molecular weight excluding hydrogens is 364 g/mol. The molecule has 1 spiro atoms. The maximum atomic E-state index is 9.32. The lowest BCUT2D eigenvalue weighted by molar-refractivity contribution is 0.156. The maximum absolute atomic E-state index is 9.32. The van der Waals surface area contributed by atoms with Gasteiger partial charge in [0.25, 0.3) is 0 Å². The number of aliphatic imine (C=N–C) groups is 1. The second kappa shape index (κ2) is 9.35. The summed E-state index contributed by atoms with van der Waals surface area (Å²) < 4.78 is 5.67. The van der Waals surface area contributed by atoms with Crippen LogP contribution in [0.1, 0.15) is 38.2 Å². The molecule has 4 rings (SSSR count). The molecule has 3 saturated heterocycles. The van der Waals surface area contributed by atoms with Gasteiger partial charge in [0.1, 0.15) is 0 Å². The van der Waals surface area contributed by atoms with Crippen LogP contribution in [0.2, 0.25) is 0 Å². The number of aliphatic hydroxyl groups is 1. The van der Waals surface area contributed by atoms with E-state index in [1.54, 1.807) is 0 Å². The maximum Gasteiger partial charge on any atom is 0.194 e. The fourth-order valence-electron chi connectivity index (χ4n) is 4.87. The SMILES string of the molecule is CCNC(=NCc1ccc(N2CCC(CO)CC2)cc1)N1CCC2(CCOC2)C1. The van der Waals surface area contributed by atoms with Crippen LogP contribution in [0.4, 0.5) is 5.69 Å². The van der Waals surface area contributed by atoms with E-state index in [2.05, 4.69) is 46.3 Å². The third kappa shape index (κ3) is 4.86. The van der Waals surface area contributed by atoms with Crippen LogP contribution >= 0.6 is 0 Å². The Balaban J connectivity index is 1.35. The fraction of sp³-hybridized carbons (Fsp3) is 0.696. The number of hydrogen-bond acceptors (Lipinski definition) is 4. The van der Waals surface area contributed by atoms with Crippen LogP contribution in [0, 0.1) is 11.3 Å². The summed E-state index contributed by atoms with van der Waals surface area (Å²) in [6.07, 6.45) is 4.55. The summed E-state index contributed by atoms with van der Waals surface area (Å²) in [4.78, 5) is 9.77. The smallest absolute Gasteiger partial charge is 0.194 e. The number of nitrogens with zero attached hydrogens (tertiary/aromatic N) is 3. The van der Waals surface area contributed by atoms with Crippen molar-refractivity contribution in [1.29, 1.82) is 0 Å². The average molecular weight is 401 g/mol. The van der Waals surface area contributed by atoms with Crippen LogP contribution in [-0.2, 0) is 11.3 Å². The molecular formula is C23H36N4O2. The van der Waals surface area contributed by atoms with Gasteiger partial charge in [-0.25, -0.2) is 4.99 Å². The van der Waals surface area contributed by atoms with Gasteiger partial charge in [-0.05, 0) is 56.2 Å². The highest BCUT2D eigenvalue weighted by Gasteiger charge is 2.42. The van der Waals surface area contributed by atoms with Crippen molar-refractivity contribution in [2.24, 2.45) is 16.3 Å². The van der Waals surface area contributed by atoms with E-state index in [0.717, 1.165) is 64.7 Å². The molecule has 29 heavy (non-hydrogen) atoms. The summed E-state index contributed by atoms with van der Waals surface area (Å²) in [5.41, 5.74) is 2.87. The highest BCUT2D eigenvalue weighted by Crippen LogP contribution is 2.38. The number of nitrogens with one attached hydrogen (secondary N) is 1. The third-order valence-electron chi connectivity index (χ3n) is 6.84. The van der Waals surface area contributed by atoms with Gasteiger partial charge in [-0.2, -0.15) is 0 Å². The van der Waals surface area contributed by atoms with Gasteiger partial charge in [-0.1, -0.05) is 12.1 Å². The van der Waals surface area contributed by atoms with Crippen molar-refractivity contribution in [3.63, 3.8) is 0 Å². The lowest BCUT2D eigenvalue weighted by Crippen LogP contribution is -2.41. The van der Waals surface area contributed by atoms with E-state index in [-0.39, 0.29) is 0 Å². The number of likely N-dealkylation sites (tertiary alicyclic amines) is 1. The number of aliphatic hydroxyl groups excluding tert-OH is 1. The van der Waals surface area contributed by atoms with E-state index in [1.165, 1.54) is 24.1 Å². The Labute approximate surface area is 174 Å². The number of benzene rings is 1. The van der Waals surface area contributed by atoms with E-state index in [1.807, 2.05) is 0 Å². The molecule has 3 heterocycles. The molecule has 1 atom stereocenters. The minimum Gasteiger partial charge on any atom is -0.396 e. The Hall–Kier alpha value is -1.79. The molecule has 0 radical (unpaired) electrons. The van der Waals surface area contributed by atoms with Crippen molar-refractivity contribution >= 4 is 11.6 Å². The van der Waals surface area contributed by atoms with Gasteiger partial charge in [-0.15, -0.1) is 0 Å². The zero-order chi connectivity index (χ0) is 20.1. The quantitative estimate of drug-likeness (QED) is 0.587. The predicted octanol–water partition coefficient (Wildman–Crippen LogP) is 2.47. The molecule has 6 heteroatoms. The molecule has 6 nitrogen and oxygen atoms in total. The fourth-order valence-corrected chi connectivity index (χ4v) is 4.87. The van der Waals surface area contributed by atoms with Crippen LogP contribution in [0.5, 0.6) is 0 Å². The Morgan fingerprint density at radius 2 is 2.00 bits per heavy atom. The molecule has 1 unspecified atom stereocenters. The van der Waals surface area contributed by atoms with E-state index < -0.39 is 0 Å². The van der Waals surface area contributed by atoms with Crippen molar-refractivity contribution in [2.45, 2.75) is 39.2 Å². The van der Waals surface area contributed by atoms with Crippen LogP contribution in [0.3, 0.4) is 0 Å². The number of anilines is 1. The minimum absolute atomic E-state index is 0.323. The Bertz CT molecular complexity index is 677. The summed E-state index contributed by atoms with van der Waals surface area (Å²) >= 11 is 0. The second-order valence-corrected chi connectivity index (χ2v) is 8.92. The van der Waals surface area contributed by atoms with Crippen molar-refractivity contribution in [2.75, 3.05) is 57.4 Å². The summed E-state index contributed by atoms with van der Waals surface area (Å²) in [5.74, 6) is 1.51. The summed E-state index contributed by atoms with van der Waals surface area (Å²) in [6, 6.07) is 8.85. The highest BCUT2D eigenvalue weighted by molar-refractivity contribution is 5.80. The number of rotatable bonds is 5. The average Bonchev–Trinajstić information content (AvgIpc) is 3.41. The topological polar surface area (TPSA) is 60.3 Å². The number of ether oxygens (including phenoxy) is 1. The third-order valence-corrected chi connectivity index (χ3v) is 6.84. The van der Waals surface area contributed by atoms with Crippen molar-refractivity contribution in [3.8, 4) is 0 Å². The molecule has 160 valence electrons. The standard InChI is InChI=1S/C23H36N4O2/c1-2-24-22(27-13-9-23(17-27)10-14-29-18-23)25-15-19-3-5-21(6-4-19)26-11-7-20(16-28)8-12-26/h3-6,20,28H,2,7-18H2,1H3,(H,24,25). The van der Waals surface area contributed by atoms with E-state index in [4.69, 9.17) is 9.73 Å². The summed E-state index contributed by atoms with van der Waals surface area (Å²) in [7, 11) is 0. The molecule has 0 amide bonds. The monoisotopic (exact) mass is 400 g/mol. The van der Waals surface area contributed by atoms with Gasteiger partial charge in [-0.3, -0.25) is 0 Å². The van der Waals surface area contributed by atoms with E-state index >= 15 is 0 Å². The zero-order valence-corrected chi connectivity index (χ0v) is 17.8. The number of guanidine groups is 1. The number of piperidine rings is 1. The first-order chi connectivity index (χ1) is 14.2. The van der Waals surface area contributed by atoms with Gasteiger partial charge in [0, 0.05) is 57.0 Å². The minimum atomic E-state index is 0.323. The first kappa shape index (κ1) is 20.5. The Morgan fingerprint density at radius 1 is 1.21 bits per heavy atom. The molecule has 0 saturated carbocycles. The molecule has 2 N–H and O–H groups in total. The Kier molecular flexibility index (Phi) is 6.60. The Morgan fingerprint density at radius 3 is 2.66 bits per heavy atom. The van der Waals surface area contributed by atoms with Crippen LogP contribution in [0.25, 0.3) is 0 Å². The van der Waals surface area contributed by atoms with Gasteiger partial charge >= 0.3 is 0 Å². The van der Waals surface area contributed by atoms with Crippen molar-refractivity contribution in [3.05, 3.63) is 29.8 Å². The van der Waals surface area contributed by atoms with Crippen molar-refractivity contribution in [1.82, 2.24) is 10.2 Å². The lowest BCUT2D eigenvalue weighted by atomic mass is 9.87. The van der Waals surface area contributed by atoms with E-state index in [0.29, 0.717) is 24.5 Å². The van der Waals surface area contributed by atoms with Crippen LogP contribution in [-0.4, -0.2) is 68.5 Å². The summed E-state index contributed by atoms with van der Waals surface area (Å²) in [5, 5.41) is 12.8. The molecule has 0 aromatic heterocycles. The van der Waals surface area contributed by atoms with Gasteiger partial charge in [0.05, 0.1) is 13.2 Å². The largest absolute Gasteiger partial charge is 0.396 e. The first-order valence-electron chi connectivity index (χ1n) is 11.3. The van der Waals surface area contributed by atoms with Crippen molar-refractivity contribution < 1.29 is 9.84 Å². The zero-order valence-electron chi connectivity index (χ0n) is 17.8. The van der Waals surface area contributed by atoms with Gasteiger partial charge in [0.15, 0.2) is 5.96 Å². The van der Waals surface area contributed by atoms with Gasteiger partial charge in [0.2, 0.25) is 0 Å². The first-order valence-corrected chi connectivity index (χ1v) is 11.3. The highest BCUT2D eigenvalue weighted by atomic mass is 16.5. The molecule has 0 bridgehead atoms. The molecule has 1 aromatic carbocycles. The molecule has 0 aliphatic carbocycles. The molecule has 3 aliphatic rings. The summed E-state index contributed by atoms with van der Waals surface area (Å²) in [6.45, 7) is 10.1. The normalized spacial score (nSPS) is 25.9. The van der Waals surface area contributed by atoms with Gasteiger partial charge < -0.3 is 25.0 Å². The van der Waals surface area contributed by atoms with Crippen LogP contribution in [0.15, 0.2) is 29.3 Å². The molecule has 1 aromatic rings. The lowest BCUT2D eigenvalue weighted by Gasteiger charge is -2.32. The number of hydrogen-bond donors (Lipinski definition) is 2. The molecule has 3 fully saturated rings.